The third-order valence-electron chi connectivity index (χ3n) is 5.35. The third-order valence-corrected chi connectivity index (χ3v) is 5.35. The highest BCUT2D eigenvalue weighted by atomic mass is 15.2. The summed E-state index contributed by atoms with van der Waals surface area (Å²) in [4.78, 5) is 2.73. The van der Waals surface area contributed by atoms with Gasteiger partial charge in [-0.05, 0) is 56.3 Å². The van der Waals surface area contributed by atoms with Crippen LogP contribution in [-0.2, 0) is 12.0 Å². The van der Waals surface area contributed by atoms with Gasteiger partial charge in [0.05, 0.1) is 5.54 Å². The van der Waals surface area contributed by atoms with E-state index in [-0.39, 0.29) is 5.54 Å². The topological polar surface area (TPSA) is 29.3 Å². The van der Waals surface area contributed by atoms with E-state index in [1.165, 1.54) is 75.6 Å². The van der Waals surface area contributed by atoms with E-state index in [2.05, 4.69) is 29.2 Å². The van der Waals surface area contributed by atoms with Crippen LogP contribution in [0.4, 0.5) is 0 Å². The number of nitrogens with zero attached hydrogens (tertiary/aromatic N) is 1. The lowest BCUT2D eigenvalue weighted by Gasteiger charge is -2.48. The molecule has 0 bridgehead atoms. The molecule has 1 unspecified atom stereocenters. The highest BCUT2D eigenvalue weighted by molar-refractivity contribution is 5.36. The van der Waals surface area contributed by atoms with Crippen molar-refractivity contribution in [2.45, 2.75) is 56.9 Å². The SMILES string of the molecule is NCC1(N2CCCCCCC2)CCCc2ccccc21. The molecule has 20 heavy (non-hydrogen) atoms. The number of rotatable bonds is 2. The van der Waals surface area contributed by atoms with Crippen LogP contribution in [0.25, 0.3) is 0 Å². The van der Waals surface area contributed by atoms with Crippen LogP contribution in [0.2, 0.25) is 0 Å². The molecule has 1 aromatic carbocycles. The van der Waals surface area contributed by atoms with E-state index in [4.69, 9.17) is 5.73 Å². The first-order valence-electron chi connectivity index (χ1n) is 8.40. The van der Waals surface area contributed by atoms with Crippen molar-refractivity contribution in [3.8, 4) is 0 Å². The number of nitrogens with two attached hydrogens (primary N) is 1. The molecule has 1 saturated heterocycles. The Morgan fingerprint density at radius 3 is 2.40 bits per heavy atom. The number of benzene rings is 1. The molecule has 0 radical (unpaired) electrons. The normalized spacial score (nSPS) is 28.4. The molecule has 2 nitrogen and oxygen atoms in total. The van der Waals surface area contributed by atoms with Gasteiger partial charge in [-0.2, -0.15) is 0 Å². The van der Waals surface area contributed by atoms with Crippen LogP contribution >= 0.6 is 0 Å². The second-order valence-corrected chi connectivity index (χ2v) is 6.50. The number of likely N-dealkylation sites (tertiary alicyclic amines) is 1. The summed E-state index contributed by atoms with van der Waals surface area (Å²) in [5.74, 6) is 0. The molecular formula is C18H28N2. The van der Waals surface area contributed by atoms with Gasteiger partial charge in [0.2, 0.25) is 0 Å². The van der Waals surface area contributed by atoms with Gasteiger partial charge in [0.25, 0.3) is 0 Å². The van der Waals surface area contributed by atoms with Crippen LogP contribution in [0.15, 0.2) is 24.3 Å². The molecule has 1 aliphatic heterocycles. The van der Waals surface area contributed by atoms with Crippen molar-refractivity contribution in [1.82, 2.24) is 4.90 Å². The molecule has 1 aromatic rings. The standard InChI is InChI=1S/C18H28N2/c19-15-18(20-13-6-2-1-3-7-14-20)12-8-10-16-9-4-5-11-17(16)18/h4-5,9,11H,1-3,6-8,10,12-15,19H2. The van der Waals surface area contributed by atoms with E-state index in [0.29, 0.717) is 0 Å². The van der Waals surface area contributed by atoms with E-state index >= 15 is 0 Å². The molecule has 110 valence electrons. The van der Waals surface area contributed by atoms with Crippen molar-refractivity contribution >= 4 is 0 Å². The van der Waals surface area contributed by atoms with Crippen molar-refractivity contribution in [2.75, 3.05) is 19.6 Å². The maximum atomic E-state index is 6.33. The fraction of sp³-hybridized carbons (Fsp3) is 0.667. The van der Waals surface area contributed by atoms with Gasteiger partial charge >= 0.3 is 0 Å². The quantitative estimate of drug-likeness (QED) is 0.893. The first-order valence-corrected chi connectivity index (χ1v) is 8.40. The Kier molecular flexibility index (Phi) is 4.42. The molecule has 1 aliphatic carbocycles. The minimum atomic E-state index is 0.117. The summed E-state index contributed by atoms with van der Waals surface area (Å²) in [7, 11) is 0. The molecule has 1 heterocycles. The molecule has 0 saturated carbocycles. The summed E-state index contributed by atoms with van der Waals surface area (Å²) < 4.78 is 0. The van der Waals surface area contributed by atoms with Crippen molar-refractivity contribution < 1.29 is 0 Å². The van der Waals surface area contributed by atoms with Gasteiger partial charge < -0.3 is 5.73 Å². The number of aryl methyl sites for hydroxylation is 1. The molecule has 0 amide bonds. The maximum absolute atomic E-state index is 6.33. The van der Waals surface area contributed by atoms with Crippen molar-refractivity contribution in [3.05, 3.63) is 35.4 Å². The molecule has 3 rings (SSSR count). The lowest BCUT2D eigenvalue weighted by atomic mass is 9.75. The fourth-order valence-corrected chi connectivity index (χ4v) is 4.24. The Balaban J connectivity index is 1.94. The Morgan fingerprint density at radius 2 is 1.65 bits per heavy atom. The molecular weight excluding hydrogens is 244 g/mol. The Bertz CT molecular complexity index is 435. The van der Waals surface area contributed by atoms with Crippen LogP contribution < -0.4 is 5.73 Å². The smallest absolute Gasteiger partial charge is 0.0586 e. The van der Waals surface area contributed by atoms with Crippen molar-refractivity contribution in [2.24, 2.45) is 5.73 Å². The summed E-state index contributed by atoms with van der Waals surface area (Å²) in [5, 5.41) is 0. The van der Waals surface area contributed by atoms with Gasteiger partial charge in [-0.3, -0.25) is 4.90 Å². The molecule has 0 spiro atoms. The zero-order valence-corrected chi connectivity index (χ0v) is 12.6. The van der Waals surface area contributed by atoms with Gasteiger partial charge in [0, 0.05) is 6.54 Å². The molecule has 1 atom stereocenters. The molecule has 2 heteroatoms. The second kappa shape index (κ2) is 6.28. The fourth-order valence-electron chi connectivity index (χ4n) is 4.24. The first kappa shape index (κ1) is 14.1. The molecule has 2 N–H and O–H groups in total. The Hall–Kier alpha value is -0.860. The minimum absolute atomic E-state index is 0.117. The van der Waals surface area contributed by atoms with Crippen LogP contribution in [-0.4, -0.2) is 24.5 Å². The number of hydrogen-bond donors (Lipinski definition) is 1. The van der Waals surface area contributed by atoms with Crippen molar-refractivity contribution in [3.63, 3.8) is 0 Å². The zero-order chi connectivity index (χ0) is 13.8. The van der Waals surface area contributed by atoms with E-state index in [1.807, 2.05) is 0 Å². The zero-order valence-electron chi connectivity index (χ0n) is 12.6. The highest BCUT2D eigenvalue weighted by Crippen LogP contribution is 2.40. The van der Waals surface area contributed by atoms with Gasteiger partial charge in [-0.15, -0.1) is 0 Å². The predicted molar refractivity (Wildman–Crippen MR) is 84.8 cm³/mol. The molecule has 1 fully saturated rings. The molecule has 0 aromatic heterocycles. The largest absolute Gasteiger partial charge is 0.328 e. The van der Waals surface area contributed by atoms with E-state index in [9.17, 15) is 0 Å². The van der Waals surface area contributed by atoms with Gasteiger partial charge in [-0.25, -0.2) is 0 Å². The van der Waals surface area contributed by atoms with Gasteiger partial charge in [0.15, 0.2) is 0 Å². The number of hydrogen-bond acceptors (Lipinski definition) is 2. The summed E-state index contributed by atoms with van der Waals surface area (Å²) in [6.45, 7) is 3.22. The first-order chi connectivity index (χ1) is 9.87. The van der Waals surface area contributed by atoms with E-state index in [0.717, 1.165) is 6.54 Å². The van der Waals surface area contributed by atoms with Crippen LogP contribution in [0.3, 0.4) is 0 Å². The molecule has 2 aliphatic rings. The predicted octanol–water partition coefficient (Wildman–Crippen LogP) is 3.44. The van der Waals surface area contributed by atoms with Gasteiger partial charge in [-0.1, -0.05) is 43.5 Å². The van der Waals surface area contributed by atoms with Crippen LogP contribution in [0.1, 0.15) is 56.1 Å². The number of fused-ring (bicyclic) bond motifs is 1. The maximum Gasteiger partial charge on any atom is 0.0586 e. The van der Waals surface area contributed by atoms with Gasteiger partial charge in [0.1, 0.15) is 0 Å². The monoisotopic (exact) mass is 272 g/mol. The minimum Gasteiger partial charge on any atom is -0.328 e. The highest BCUT2D eigenvalue weighted by Gasteiger charge is 2.40. The van der Waals surface area contributed by atoms with Crippen molar-refractivity contribution in [1.29, 1.82) is 0 Å². The average molecular weight is 272 g/mol. The van der Waals surface area contributed by atoms with Crippen LogP contribution in [0.5, 0.6) is 0 Å². The Labute approximate surface area is 123 Å². The van der Waals surface area contributed by atoms with E-state index in [1.54, 1.807) is 0 Å². The summed E-state index contributed by atoms with van der Waals surface area (Å²) in [6, 6.07) is 9.01. The van der Waals surface area contributed by atoms with E-state index < -0.39 is 0 Å². The Morgan fingerprint density at radius 1 is 0.950 bits per heavy atom. The third kappa shape index (κ3) is 2.51. The van der Waals surface area contributed by atoms with Crippen LogP contribution in [0, 0.1) is 0 Å². The average Bonchev–Trinajstić information content (AvgIpc) is 2.46. The second-order valence-electron chi connectivity index (χ2n) is 6.50. The summed E-state index contributed by atoms with van der Waals surface area (Å²) in [6.07, 6.45) is 10.6. The summed E-state index contributed by atoms with van der Waals surface area (Å²) in [5.41, 5.74) is 9.51. The lowest BCUT2D eigenvalue weighted by molar-refractivity contribution is 0.0651. The summed E-state index contributed by atoms with van der Waals surface area (Å²) >= 11 is 0. The lowest BCUT2D eigenvalue weighted by Crippen LogP contribution is -2.54.